The quantitative estimate of drug-likeness (QED) is 0.0104. The maximum absolute atomic E-state index is 11.4. The van der Waals surface area contributed by atoms with Crippen molar-refractivity contribution in [3.63, 3.8) is 0 Å². The Balaban J connectivity index is 0.00000103. The van der Waals surface area contributed by atoms with Gasteiger partial charge in [0.25, 0.3) is 0 Å². The van der Waals surface area contributed by atoms with E-state index in [1.807, 2.05) is 47.8 Å². The molecule has 540 valence electrons. The number of hydrogen-bond acceptors (Lipinski definition) is 7. The Morgan fingerprint density at radius 1 is 0.333 bits per heavy atom. The summed E-state index contributed by atoms with van der Waals surface area (Å²) in [7, 11) is 177. The Bertz CT molecular complexity index is 7130. The molecule has 0 aliphatic heterocycles. The number of azide groups is 1. The summed E-state index contributed by atoms with van der Waals surface area (Å²) in [6.45, 7) is 6.63. The predicted molar refractivity (Wildman–Crippen MR) is 624 cm³/mol. The average molecular weight is 1680 g/mol. The van der Waals surface area contributed by atoms with E-state index in [9.17, 15) is 9.59 Å². The third-order valence-electron chi connectivity index (χ3n) is 18.8. The maximum atomic E-state index is 11.4. The first-order chi connectivity index (χ1) is 66.1. The first-order valence-electron chi connectivity index (χ1n) is 39.9. The normalized spacial score (nSPS) is 7.86. The summed E-state index contributed by atoms with van der Waals surface area (Å²) >= 11 is 3.24. The SMILES string of the molecule is C=C=C=C=C=C=C=C=C=C=C=C=C=C=C=C=C=C=C=C=C=C=C=C=C=C=C=C=C=C=C=C=C=C=C=C=C=C=C=C=C=C=C=C=C=C=C=C=C=C=C=C.COC(=O)/C(=C/c1cccc2ccsc12)N=[N+]=[N-].COC(=O)c1cc2c(ccc3ccsc32)[nH]1.[2HH].[B]B([B])B([B])B(B(B([B])[B])B([B])[B])B(B(B([B])[B])B([B])[B])B(B(B(B([B])[B])B([B])[B])B(B([B])[B])B([B])[B])B(B(B([B])[B])B([B])[B])B(B([B])[B])B([B])[B]. The highest BCUT2D eigenvalue weighted by Gasteiger charge is 2.61. The fourth-order valence-corrected chi connectivity index (χ4v) is 15.5. The van der Waals surface area contributed by atoms with Crippen LogP contribution in [0.3, 0.4) is 0 Å². The summed E-state index contributed by atoms with van der Waals surface area (Å²) in [5.74, 6) is -0.984. The molecule has 0 fully saturated rings. The number of ether oxygens (including phenoxy) is 2. The highest BCUT2D eigenvalue weighted by atomic mass is 32.1. The molecule has 62 heteroatoms. The lowest BCUT2D eigenvalue weighted by molar-refractivity contribution is -0.136. The van der Waals surface area contributed by atoms with Gasteiger partial charge in [0, 0.05) is 579 Å². The van der Waals surface area contributed by atoms with E-state index in [1.54, 1.807) is 22.7 Å². The minimum atomic E-state index is -1.40. The summed E-state index contributed by atoms with van der Waals surface area (Å²) in [5.41, 5.74) is 135. The van der Waals surface area contributed by atoms with Gasteiger partial charge in [-0.25, -0.2) is 9.59 Å². The molecule has 138 heavy (non-hydrogen) atoms. The number of nitrogens with zero attached hydrogens (tertiary/aromatic N) is 3. The van der Waals surface area contributed by atoms with Gasteiger partial charge in [-0.2, -0.15) is 0 Å². The number of esters is 2. The molecule has 0 atom stereocenters. The van der Waals surface area contributed by atoms with Crippen LogP contribution in [-0.4, -0.2) is 400 Å². The molecule has 0 amide bonds. The van der Waals surface area contributed by atoms with Gasteiger partial charge in [-0.1, -0.05) is 40.8 Å². The van der Waals surface area contributed by atoms with Gasteiger partial charge in [0.1, 0.15) is 11.4 Å². The molecule has 3 heterocycles. The van der Waals surface area contributed by atoms with Gasteiger partial charge >= 0.3 is 11.9 Å². The van der Waals surface area contributed by atoms with Crippen LogP contribution in [0, 0.1) is 0 Å². The van der Waals surface area contributed by atoms with Crippen molar-refractivity contribution in [1.29, 1.82) is 0 Å². The number of benzene rings is 2. The van der Waals surface area contributed by atoms with Crippen molar-refractivity contribution in [3.8, 4) is 0 Å². The highest BCUT2D eigenvalue weighted by Crippen LogP contribution is 2.31. The number of nitrogens with one attached hydrogen (secondary N) is 1. The zero-order valence-corrected chi connectivity index (χ0v) is 76.2. The molecule has 5 rings (SSSR count). The maximum Gasteiger partial charge on any atom is 0.354 e. The van der Waals surface area contributed by atoms with Crippen molar-refractivity contribution < 1.29 is 20.5 Å². The number of fused-ring (bicyclic) bond motifs is 4. The van der Waals surface area contributed by atoms with Crippen molar-refractivity contribution in [1.82, 2.24) is 4.98 Å². The lowest BCUT2D eigenvalue weighted by Crippen LogP contribution is -2.95. The zero-order valence-electron chi connectivity index (χ0n) is 74.6. The summed E-state index contributed by atoms with van der Waals surface area (Å²) in [5, 5.41) is 10.7. The molecule has 0 spiro atoms. The molecule has 0 aliphatic carbocycles. The van der Waals surface area contributed by atoms with Gasteiger partial charge in [0.2, 0.25) is 0 Å². The number of hydrogen-bond donors (Lipinski definition) is 1. The summed E-state index contributed by atoms with van der Waals surface area (Å²) in [4.78, 5) is 28.5. The number of methoxy groups -OCH3 is 2. The van der Waals surface area contributed by atoms with Crippen LogP contribution in [0.15, 0.2) is 370 Å². The van der Waals surface area contributed by atoms with Crippen LogP contribution in [0.5, 0.6) is 0 Å². The lowest BCUT2D eigenvalue weighted by Gasteiger charge is -2.57. The number of thiophene rings is 2. The number of rotatable bonds is 28. The molecule has 8 nitrogen and oxygen atoms in total. The number of aromatic nitrogens is 1. The minimum Gasteiger partial charge on any atom is -0.466 e. The lowest BCUT2D eigenvalue weighted by atomic mass is 8.24. The van der Waals surface area contributed by atoms with Gasteiger partial charge in [-0.15, -0.1) is 22.7 Å². The Morgan fingerprint density at radius 2 is 0.580 bits per heavy atom. The van der Waals surface area contributed by atoms with Gasteiger partial charge in [0.05, 0.1) is 14.2 Å². The van der Waals surface area contributed by atoms with Crippen LogP contribution < -0.4 is 0 Å². The van der Waals surface area contributed by atoms with E-state index in [-0.39, 0.29) is 13.1 Å². The van der Waals surface area contributed by atoms with Crippen molar-refractivity contribution in [2.75, 3.05) is 14.2 Å². The first kappa shape index (κ1) is 122. The summed E-state index contributed by atoms with van der Waals surface area (Å²) < 4.78 is 11.5. The first-order valence-corrected chi connectivity index (χ1v) is 41.7. The number of H-pyrrole nitrogens is 1. The minimum absolute atomic E-state index is 0. The molecular formula is C76H24B52N4O4S2. The van der Waals surface area contributed by atoms with E-state index in [0.717, 1.165) is 26.6 Å². The smallest absolute Gasteiger partial charge is 0.354 e. The van der Waals surface area contributed by atoms with Gasteiger partial charge < -0.3 is 14.5 Å². The second kappa shape index (κ2) is 71.5. The van der Waals surface area contributed by atoms with E-state index in [1.165, 1.54) is 30.4 Å². The fraction of sp³-hybridized carbons (Fsp3) is 0.0263. The Labute approximate surface area is 863 Å². The van der Waals surface area contributed by atoms with Crippen LogP contribution in [-0.2, 0) is 14.3 Å². The van der Waals surface area contributed by atoms with E-state index in [4.69, 9.17) is 219 Å². The number of aromatic amines is 1. The van der Waals surface area contributed by atoms with Crippen LogP contribution in [0.1, 0.15) is 17.5 Å². The largest absolute Gasteiger partial charge is 0.466 e. The Kier molecular flexibility index (Phi) is 63.2. The highest BCUT2D eigenvalue weighted by molar-refractivity contribution is 8.36. The van der Waals surface area contributed by atoms with E-state index < -0.39 is 166 Å². The molecule has 54 radical (unpaired) electrons. The van der Waals surface area contributed by atoms with E-state index >= 15 is 0 Å². The molecule has 0 bridgehead atoms. The Morgan fingerprint density at radius 3 is 0.826 bits per heavy atom. The third-order valence-corrected chi connectivity index (χ3v) is 20.7. The van der Waals surface area contributed by atoms with Crippen molar-refractivity contribution in [2.45, 2.75) is 0 Å². The number of carbonyl (C=O) groups excluding carboxylic acids is 2. The van der Waals surface area contributed by atoms with Crippen LogP contribution >= 0.6 is 22.7 Å². The standard InChI is InChI=1S/C52H4.C12H9N3O2S.C12H9NO2S.B52.H2/c1-3-5-7-9-11-13-15-17-19-21-23-25-27-29-31-33-35-37-39-41-43-45-47-49-51-52-50-48-46-44-42-40-38-36-34-32-30-28-26-24-22-20-18-16-14-12-10-8-6-4-2;1-17-12(16)10(14-15-13)7-9-4-2-3-8-5-6-18-11(8)9;1-15-12(14)10-6-8-9(13-10)3-2-7-4-5-16-11(7)8;1-28(2)41(27)48(42(29(3)4)30(5)6)51(47(39(23)24)40(25)26)52(49(43(31(7)8)32(9)10)44(33(11)12)34(13)14)50(45(35(15)16)36(17)18)46(37(19)20)38(21)22;/h1-2H2;2-7H,1H3;2-6,13H,1H3;;1H/b;10-7-;;;/i;;;;1+1. The van der Waals surface area contributed by atoms with Crippen molar-refractivity contribution in [3.05, 3.63) is 386 Å². The summed E-state index contributed by atoms with van der Waals surface area (Å²) in [6, 6.07) is 15.7. The molecule has 5 aromatic rings. The molecule has 0 saturated carbocycles. The molecule has 3 aromatic heterocycles. The topological polar surface area (TPSA) is 117 Å². The fourth-order valence-electron chi connectivity index (χ4n) is 13.7. The third kappa shape index (κ3) is 45.5. The Hall–Kier alpha value is -12.0. The van der Waals surface area contributed by atoms with Crippen molar-refractivity contribution in [2.24, 2.45) is 5.11 Å². The number of carbonyl (C=O) groups is 2. The molecule has 0 aliphatic rings. The van der Waals surface area contributed by atoms with E-state index in [0.29, 0.717) is 5.69 Å². The second-order valence-corrected chi connectivity index (χ2v) is 29.6. The van der Waals surface area contributed by atoms with Crippen molar-refractivity contribution >= 4 is 440 Å². The monoisotopic (exact) mass is 1690 g/mol. The van der Waals surface area contributed by atoms with Crippen LogP contribution in [0.4, 0.5) is 0 Å². The van der Waals surface area contributed by atoms with Crippen LogP contribution in [0.2, 0.25) is 0 Å². The average Bonchev–Trinajstić information content (AvgIpc) is 1.46. The molecule has 0 unspecified atom stereocenters. The van der Waals surface area contributed by atoms with E-state index in [2.05, 4.69) is 331 Å². The van der Waals surface area contributed by atoms with Gasteiger partial charge in [-0.05, 0) is 168 Å². The molecular weight excluding hydrogens is 1660 g/mol. The van der Waals surface area contributed by atoms with Gasteiger partial charge in [-0.3, -0.25) is 0 Å². The molecule has 0 saturated heterocycles. The predicted octanol–water partition coefficient (Wildman–Crippen LogP) is -4.10. The summed E-state index contributed by atoms with van der Waals surface area (Å²) in [6.07, 6.45) is -31.5. The molecule has 1 N–H and O–H groups in total. The van der Waals surface area contributed by atoms with Gasteiger partial charge in [0.15, 0.2) is 0 Å². The van der Waals surface area contributed by atoms with Crippen LogP contribution in [0.25, 0.3) is 47.6 Å². The second-order valence-electron chi connectivity index (χ2n) is 27.7. The zero-order chi connectivity index (χ0) is 103. The molecule has 2 aromatic carbocycles.